The molecule has 0 amide bonds. The van der Waals surface area contributed by atoms with Crippen LogP contribution in [0.4, 0.5) is 0 Å². The van der Waals surface area contributed by atoms with Gasteiger partial charge in [0.2, 0.25) is 0 Å². The maximum Gasteiger partial charge on any atom is 0.145 e. The summed E-state index contributed by atoms with van der Waals surface area (Å²) in [6.45, 7) is 1.97. The molecule has 1 aromatic rings. The number of nitrogens with zero attached hydrogens (tertiary/aromatic N) is 3. The van der Waals surface area contributed by atoms with Crippen molar-refractivity contribution in [2.75, 3.05) is 0 Å². The van der Waals surface area contributed by atoms with Crippen molar-refractivity contribution in [2.24, 2.45) is 0 Å². The molecule has 0 fully saturated rings. The molecule has 0 aliphatic rings. The van der Waals surface area contributed by atoms with Crippen LogP contribution in [-0.4, -0.2) is 15.0 Å². The Balaban J connectivity index is 2.85. The van der Waals surface area contributed by atoms with Gasteiger partial charge in [-0.15, -0.1) is 0 Å². The first kappa shape index (κ1) is 6.61. The molecule has 0 aromatic carbocycles. The van der Waals surface area contributed by atoms with Gasteiger partial charge in [-0.3, -0.25) is 0 Å². The zero-order valence-corrected chi connectivity index (χ0v) is 6.54. The number of hydrogen-bond acceptors (Lipinski definition) is 3. The van der Waals surface area contributed by atoms with Crippen LogP contribution >= 0.6 is 15.9 Å². The average Bonchev–Trinajstić information content (AvgIpc) is 1.90. The van der Waals surface area contributed by atoms with Crippen LogP contribution in [0.25, 0.3) is 0 Å². The van der Waals surface area contributed by atoms with Gasteiger partial charge in [0.05, 0.1) is 4.83 Å². The normalized spacial score (nSPS) is 13.1. The molecule has 1 aromatic heterocycles. The van der Waals surface area contributed by atoms with Gasteiger partial charge in [0.15, 0.2) is 0 Å². The zero-order valence-electron chi connectivity index (χ0n) is 4.95. The minimum absolute atomic E-state index is 0.209. The summed E-state index contributed by atoms with van der Waals surface area (Å²) >= 11 is 3.33. The van der Waals surface area contributed by atoms with Gasteiger partial charge in [0.1, 0.15) is 18.5 Å². The highest BCUT2D eigenvalue weighted by molar-refractivity contribution is 9.09. The van der Waals surface area contributed by atoms with E-state index in [1.54, 1.807) is 0 Å². The van der Waals surface area contributed by atoms with Crippen LogP contribution in [0.2, 0.25) is 0 Å². The highest BCUT2D eigenvalue weighted by Gasteiger charge is 2.00. The predicted octanol–water partition coefficient (Wildman–Crippen LogP) is 1.33. The first-order valence-electron chi connectivity index (χ1n) is 2.56. The Morgan fingerprint density at radius 2 is 2.00 bits per heavy atom. The minimum Gasteiger partial charge on any atom is -0.225 e. The number of halogens is 1. The summed E-state index contributed by atoms with van der Waals surface area (Å²) in [6.07, 6.45) is 2.97. The van der Waals surface area contributed by atoms with Crippen molar-refractivity contribution in [1.29, 1.82) is 0 Å². The van der Waals surface area contributed by atoms with Crippen molar-refractivity contribution >= 4 is 15.9 Å². The first-order valence-corrected chi connectivity index (χ1v) is 3.48. The number of hydrogen-bond donors (Lipinski definition) is 0. The molecular weight excluding hydrogens is 182 g/mol. The topological polar surface area (TPSA) is 38.7 Å². The molecule has 1 heterocycles. The Morgan fingerprint density at radius 1 is 1.44 bits per heavy atom. The summed E-state index contributed by atoms with van der Waals surface area (Å²) in [6, 6.07) is 0. The van der Waals surface area contributed by atoms with Gasteiger partial charge in [0, 0.05) is 0 Å². The summed E-state index contributed by atoms with van der Waals surface area (Å²) in [4.78, 5) is 11.7. The van der Waals surface area contributed by atoms with Crippen molar-refractivity contribution < 1.29 is 0 Å². The van der Waals surface area contributed by atoms with E-state index in [2.05, 4.69) is 30.9 Å². The Hall–Kier alpha value is -0.510. The second-order valence-corrected chi connectivity index (χ2v) is 2.99. The molecule has 0 bridgehead atoms. The molecule has 9 heavy (non-hydrogen) atoms. The van der Waals surface area contributed by atoms with Gasteiger partial charge in [-0.1, -0.05) is 15.9 Å². The number of alkyl halides is 1. The Morgan fingerprint density at radius 3 is 2.33 bits per heavy atom. The Bertz CT molecular complexity index is 175. The lowest BCUT2D eigenvalue weighted by Gasteiger charge is -1.96. The molecule has 0 aliphatic heterocycles. The number of aromatic nitrogens is 3. The van der Waals surface area contributed by atoms with Gasteiger partial charge in [-0.2, -0.15) is 0 Å². The fourth-order valence-corrected chi connectivity index (χ4v) is 0.690. The average molecular weight is 188 g/mol. The van der Waals surface area contributed by atoms with Crippen LogP contribution in [0.3, 0.4) is 0 Å². The molecule has 0 radical (unpaired) electrons. The van der Waals surface area contributed by atoms with Crippen molar-refractivity contribution in [3.63, 3.8) is 0 Å². The predicted molar refractivity (Wildman–Crippen MR) is 37.2 cm³/mol. The summed E-state index contributed by atoms with van der Waals surface area (Å²) in [5, 5.41) is 0. The summed E-state index contributed by atoms with van der Waals surface area (Å²) in [7, 11) is 0. The van der Waals surface area contributed by atoms with Crippen molar-refractivity contribution in [3.8, 4) is 0 Å². The maximum absolute atomic E-state index is 3.91. The fraction of sp³-hybridized carbons (Fsp3) is 0.400. The zero-order chi connectivity index (χ0) is 6.69. The van der Waals surface area contributed by atoms with E-state index in [0.717, 1.165) is 5.82 Å². The highest BCUT2D eigenvalue weighted by Crippen LogP contribution is 2.14. The third-order valence-corrected chi connectivity index (χ3v) is 1.28. The Kier molecular flexibility index (Phi) is 2.10. The maximum atomic E-state index is 3.91. The van der Waals surface area contributed by atoms with Gasteiger partial charge >= 0.3 is 0 Å². The standard InChI is InChI=1S/C5H6BrN3/c1-4(6)5-8-2-7-3-9-5/h2-4H,1H3. The van der Waals surface area contributed by atoms with E-state index in [4.69, 9.17) is 0 Å². The van der Waals surface area contributed by atoms with Crippen molar-refractivity contribution in [1.82, 2.24) is 15.0 Å². The molecule has 0 N–H and O–H groups in total. The first-order chi connectivity index (χ1) is 4.30. The molecule has 1 unspecified atom stereocenters. The number of rotatable bonds is 1. The van der Waals surface area contributed by atoms with Gasteiger partial charge < -0.3 is 0 Å². The molecule has 1 rings (SSSR count). The fourth-order valence-electron chi connectivity index (χ4n) is 0.454. The van der Waals surface area contributed by atoms with Crippen molar-refractivity contribution in [2.45, 2.75) is 11.8 Å². The molecular formula is C5H6BrN3. The third-order valence-electron chi connectivity index (χ3n) is 0.869. The molecule has 48 valence electrons. The van der Waals surface area contributed by atoms with E-state index >= 15 is 0 Å². The summed E-state index contributed by atoms with van der Waals surface area (Å²) in [5.74, 6) is 0.769. The van der Waals surface area contributed by atoms with Crippen LogP contribution in [0.1, 0.15) is 17.6 Å². The van der Waals surface area contributed by atoms with E-state index in [9.17, 15) is 0 Å². The molecule has 3 nitrogen and oxygen atoms in total. The van der Waals surface area contributed by atoms with Crippen molar-refractivity contribution in [3.05, 3.63) is 18.5 Å². The van der Waals surface area contributed by atoms with E-state index < -0.39 is 0 Å². The monoisotopic (exact) mass is 187 g/mol. The van der Waals surface area contributed by atoms with E-state index in [1.807, 2.05) is 6.92 Å². The lowest BCUT2D eigenvalue weighted by atomic mass is 10.5. The lowest BCUT2D eigenvalue weighted by molar-refractivity contribution is 0.890. The second kappa shape index (κ2) is 2.87. The van der Waals surface area contributed by atoms with Crippen LogP contribution in [0.15, 0.2) is 12.7 Å². The molecule has 0 aliphatic carbocycles. The van der Waals surface area contributed by atoms with E-state index in [1.165, 1.54) is 12.7 Å². The second-order valence-electron chi connectivity index (χ2n) is 1.61. The Labute approximate surface area is 61.7 Å². The molecule has 0 saturated heterocycles. The van der Waals surface area contributed by atoms with Crippen LogP contribution in [-0.2, 0) is 0 Å². The quantitative estimate of drug-likeness (QED) is 0.624. The minimum atomic E-state index is 0.209. The SMILES string of the molecule is CC(Br)c1ncncn1. The van der Waals surface area contributed by atoms with Crippen LogP contribution in [0, 0.1) is 0 Å². The molecule has 0 saturated carbocycles. The molecule has 4 heteroatoms. The summed E-state index contributed by atoms with van der Waals surface area (Å²) in [5.41, 5.74) is 0. The van der Waals surface area contributed by atoms with Gasteiger partial charge in [0.25, 0.3) is 0 Å². The van der Waals surface area contributed by atoms with Gasteiger partial charge in [-0.05, 0) is 6.92 Å². The van der Waals surface area contributed by atoms with E-state index in [0.29, 0.717) is 0 Å². The summed E-state index contributed by atoms with van der Waals surface area (Å²) < 4.78 is 0. The highest BCUT2D eigenvalue weighted by atomic mass is 79.9. The molecule has 1 atom stereocenters. The smallest absolute Gasteiger partial charge is 0.145 e. The van der Waals surface area contributed by atoms with Crippen LogP contribution in [0.5, 0.6) is 0 Å². The van der Waals surface area contributed by atoms with E-state index in [-0.39, 0.29) is 4.83 Å². The largest absolute Gasteiger partial charge is 0.225 e. The lowest BCUT2D eigenvalue weighted by Crippen LogP contribution is -1.93. The molecule has 0 spiro atoms. The third kappa shape index (κ3) is 1.71. The van der Waals surface area contributed by atoms with Gasteiger partial charge in [-0.25, -0.2) is 15.0 Å². The van der Waals surface area contributed by atoms with Crippen LogP contribution < -0.4 is 0 Å².